The van der Waals surface area contributed by atoms with Crippen LogP contribution in [0.4, 0.5) is 10.5 Å². The van der Waals surface area contributed by atoms with Gasteiger partial charge in [0.15, 0.2) is 0 Å². The first-order valence-electron chi connectivity index (χ1n) is 6.51. The van der Waals surface area contributed by atoms with Crippen molar-refractivity contribution in [3.05, 3.63) is 28.8 Å². The van der Waals surface area contributed by atoms with Crippen molar-refractivity contribution < 1.29 is 19.4 Å². The third kappa shape index (κ3) is 3.46. The zero-order chi connectivity index (χ0) is 15.6. The maximum Gasteiger partial charge on any atom is 0.326 e. The van der Waals surface area contributed by atoms with Crippen molar-refractivity contribution in [2.24, 2.45) is 0 Å². The molecule has 1 heterocycles. The number of aryl methyl sites for hydroxylation is 1. The van der Waals surface area contributed by atoms with Gasteiger partial charge in [-0.05, 0) is 24.6 Å². The fraction of sp³-hybridized carbons (Fsp3) is 0.429. The highest BCUT2D eigenvalue weighted by atomic mass is 35.5. The van der Waals surface area contributed by atoms with Gasteiger partial charge in [-0.1, -0.05) is 17.7 Å². The van der Waals surface area contributed by atoms with Crippen molar-refractivity contribution in [3.8, 4) is 0 Å². The summed E-state index contributed by atoms with van der Waals surface area (Å²) in [6.45, 7) is 2.12. The highest BCUT2D eigenvalue weighted by Gasteiger charge is 2.40. The highest BCUT2D eigenvalue weighted by molar-refractivity contribution is 6.33. The Labute approximate surface area is 127 Å². The number of rotatable bonds is 3. The minimum atomic E-state index is -1.04. The van der Waals surface area contributed by atoms with Crippen LogP contribution in [-0.2, 0) is 9.53 Å². The second-order valence-corrected chi connectivity index (χ2v) is 5.42. The van der Waals surface area contributed by atoms with E-state index in [1.807, 2.05) is 13.0 Å². The van der Waals surface area contributed by atoms with E-state index in [0.717, 1.165) is 5.56 Å². The summed E-state index contributed by atoms with van der Waals surface area (Å²) < 4.78 is 5.15. The molecule has 1 aromatic carbocycles. The Hall–Kier alpha value is -1.79. The van der Waals surface area contributed by atoms with Gasteiger partial charge in [0.2, 0.25) is 0 Å². The number of amides is 2. The van der Waals surface area contributed by atoms with Crippen LogP contribution in [0.2, 0.25) is 5.02 Å². The number of ether oxygens (including phenoxy) is 1. The molecule has 7 heteroatoms. The summed E-state index contributed by atoms with van der Waals surface area (Å²) in [7, 11) is 1.50. The van der Waals surface area contributed by atoms with Gasteiger partial charge in [-0.25, -0.2) is 9.59 Å². The number of benzene rings is 1. The number of aliphatic carboxylic acids is 1. The Morgan fingerprint density at radius 3 is 2.81 bits per heavy atom. The topological polar surface area (TPSA) is 78.9 Å². The normalized spacial score (nSPS) is 21.4. The van der Waals surface area contributed by atoms with Crippen molar-refractivity contribution in [2.45, 2.75) is 25.5 Å². The molecule has 21 heavy (non-hydrogen) atoms. The molecular formula is C14H17ClN2O4. The van der Waals surface area contributed by atoms with E-state index in [1.165, 1.54) is 12.0 Å². The number of carboxylic acid groups (broad SMARTS) is 1. The van der Waals surface area contributed by atoms with E-state index >= 15 is 0 Å². The van der Waals surface area contributed by atoms with E-state index in [9.17, 15) is 14.7 Å². The van der Waals surface area contributed by atoms with Gasteiger partial charge in [-0.15, -0.1) is 0 Å². The molecule has 0 radical (unpaired) electrons. The van der Waals surface area contributed by atoms with Gasteiger partial charge in [0.05, 0.1) is 16.8 Å². The van der Waals surface area contributed by atoms with Gasteiger partial charge >= 0.3 is 12.0 Å². The second-order valence-electron chi connectivity index (χ2n) is 5.01. The zero-order valence-electron chi connectivity index (χ0n) is 11.8. The molecule has 1 aliphatic rings. The van der Waals surface area contributed by atoms with Crippen LogP contribution < -0.4 is 5.32 Å². The lowest BCUT2D eigenvalue weighted by Gasteiger charge is -2.22. The predicted octanol–water partition coefficient (Wildman–Crippen LogP) is 2.35. The molecular weight excluding hydrogens is 296 g/mol. The first-order chi connectivity index (χ1) is 9.92. The largest absolute Gasteiger partial charge is 0.480 e. The lowest BCUT2D eigenvalue weighted by atomic mass is 10.2. The van der Waals surface area contributed by atoms with Crippen LogP contribution in [0.5, 0.6) is 0 Å². The molecule has 1 fully saturated rings. The van der Waals surface area contributed by atoms with E-state index < -0.39 is 18.0 Å². The third-order valence-electron chi connectivity index (χ3n) is 3.51. The van der Waals surface area contributed by atoms with Gasteiger partial charge in [-0.3, -0.25) is 0 Å². The summed E-state index contributed by atoms with van der Waals surface area (Å²) in [5, 5.41) is 12.3. The van der Waals surface area contributed by atoms with Crippen molar-refractivity contribution in [3.63, 3.8) is 0 Å². The van der Waals surface area contributed by atoms with Gasteiger partial charge in [0.1, 0.15) is 6.04 Å². The van der Waals surface area contributed by atoms with Crippen molar-refractivity contribution in [1.29, 1.82) is 0 Å². The smallest absolute Gasteiger partial charge is 0.326 e. The zero-order valence-corrected chi connectivity index (χ0v) is 12.6. The van der Waals surface area contributed by atoms with E-state index in [2.05, 4.69) is 5.32 Å². The third-order valence-corrected chi connectivity index (χ3v) is 3.84. The number of likely N-dealkylation sites (tertiary alicyclic amines) is 1. The number of nitrogens with one attached hydrogen (secondary N) is 1. The Morgan fingerprint density at radius 1 is 1.48 bits per heavy atom. The average molecular weight is 313 g/mol. The molecule has 2 unspecified atom stereocenters. The Kier molecular flexibility index (Phi) is 4.69. The number of carbonyl (C=O) groups excluding carboxylic acids is 1. The van der Waals surface area contributed by atoms with Crippen molar-refractivity contribution in [1.82, 2.24) is 4.90 Å². The van der Waals surface area contributed by atoms with E-state index in [-0.39, 0.29) is 19.1 Å². The van der Waals surface area contributed by atoms with Gasteiger partial charge in [-0.2, -0.15) is 0 Å². The molecule has 2 N–H and O–H groups in total. The molecule has 2 atom stereocenters. The first-order valence-corrected chi connectivity index (χ1v) is 6.89. The fourth-order valence-electron chi connectivity index (χ4n) is 2.35. The molecule has 0 bridgehead atoms. The van der Waals surface area contributed by atoms with E-state index in [1.54, 1.807) is 12.1 Å². The summed E-state index contributed by atoms with van der Waals surface area (Å²) >= 11 is 6.03. The number of carbonyl (C=O) groups is 2. The van der Waals surface area contributed by atoms with E-state index in [0.29, 0.717) is 10.7 Å². The number of nitrogens with zero attached hydrogens (tertiary/aromatic N) is 1. The molecule has 2 rings (SSSR count). The number of hydrogen-bond acceptors (Lipinski definition) is 3. The minimum Gasteiger partial charge on any atom is -0.480 e. The number of carboxylic acids is 1. The highest BCUT2D eigenvalue weighted by Crippen LogP contribution is 2.25. The maximum atomic E-state index is 12.3. The lowest BCUT2D eigenvalue weighted by molar-refractivity contribution is -0.141. The summed E-state index contributed by atoms with van der Waals surface area (Å²) in [5.74, 6) is -1.04. The molecule has 114 valence electrons. The van der Waals surface area contributed by atoms with Crippen LogP contribution in [0.1, 0.15) is 12.0 Å². The van der Waals surface area contributed by atoms with Crippen LogP contribution in [0.25, 0.3) is 0 Å². The molecule has 6 nitrogen and oxygen atoms in total. The second kappa shape index (κ2) is 6.32. The number of anilines is 1. The van der Waals surface area contributed by atoms with Crippen molar-refractivity contribution in [2.75, 3.05) is 19.0 Å². The number of urea groups is 1. The Morgan fingerprint density at radius 2 is 2.19 bits per heavy atom. The molecule has 1 saturated heterocycles. The molecule has 1 aromatic rings. The van der Waals surface area contributed by atoms with Crippen LogP contribution >= 0.6 is 11.6 Å². The van der Waals surface area contributed by atoms with Crippen LogP contribution in [-0.4, -0.2) is 47.8 Å². The number of halogens is 1. The fourth-order valence-corrected chi connectivity index (χ4v) is 2.51. The molecule has 1 aliphatic heterocycles. The Bertz CT molecular complexity index is 564. The van der Waals surface area contributed by atoms with Crippen LogP contribution in [0.3, 0.4) is 0 Å². The van der Waals surface area contributed by atoms with Crippen LogP contribution in [0.15, 0.2) is 18.2 Å². The van der Waals surface area contributed by atoms with Gasteiger partial charge < -0.3 is 20.1 Å². The molecule has 2 amide bonds. The predicted molar refractivity (Wildman–Crippen MR) is 78.8 cm³/mol. The SMILES string of the molecule is COC1CC(C(=O)O)N(C(=O)Nc2cc(C)ccc2Cl)C1. The van der Waals surface area contributed by atoms with Gasteiger partial charge in [0, 0.05) is 20.1 Å². The average Bonchev–Trinajstić information content (AvgIpc) is 2.87. The van der Waals surface area contributed by atoms with Crippen LogP contribution in [0, 0.1) is 6.92 Å². The lowest BCUT2D eigenvalue weighted by Crippen LogP contribution is -2.43. The summed E-state index contributed by atoms with van der Waals surface area (Å²) in [4.78, 5) is 24.8. The monoisotopic (exact) mass is 312 g/mol. The maximum absolute atomic E-state index is 12.3. The Balaban J connectivity index is 2.15. The summed E-state index contributed by atoms with van der Waals surface area (Å²) in [6, 6.07) is 3.87. The quantitative estimate of drug-likeness (QED) is 0.898. The van der Waals surface area contributed by atoms with Gasteiger partial charge in [0.25, 0.3) is 0 Å². The standard InChI is InChI=1S/C14H17ClN2O4/c1-8-3-4-10(15)11(5-8)16-14(20)17-7-9(21-2)6-12(17)13(18)19/h3-5,9,12H,6-7H2,1-2H3,(H,16,20)(H,18,19). The van der Waals surface area contributed by atoms with E-state index in [4.69, 9.17) is 16.3 Å². The summed E-state index contributed by atoms with van der Waals surface area (Å²) in [6.07, 6.45) is 0.00527. The molecule has 0 spiro atoms. The van der Waals surface area contributed by atoms with Crippen molar-refractivity contribution >= 4 is 29.3 Å². The minimum absolute atomic E-state index is 0.239. The molecule has 0 aromatic heterocycles. The molecule has 0 aliphatic carbocycles. The number of methoxy groups -OCH3 is 1. The number of hydrogen-bond donors (Lipinski definition) is 2. The summed E-state index contributed by atoms with van der Waals surface area (Å²) in [5.41, 5.74) is 1.41. The molecule has 0 saturated carbocycles. The first kappa shape index (κ1) is 15.6.